The first-order valence-corrected chi connectivity index (χ1v) is 6.06. The molecule has 0 saturated carbocycles. The van der Waals surface area contributed by atoms with Gasteiger partial charge in [0.1, 0.15) is 10.5 Å². The number of aromatic nitrogens is 2. The van der Waals surface area contributed by atoms with E-state index in [2.05, 4.69) is 16.0 Å². The molecule has 0 fully saturated rings. The number of fused-ring (bicyclic) bond motifs is 1. The molecule has 0 aliphatic rings. The second kappa shape index (κ2) is 4.51. The Morgan fingerprint density at radius 2 is 2.11 bits per heavy atom. The average molecular weight is 253 g/mol. The molecule has 3 rings (SSSR count). The summed E-state index contributed by atoms with van der Waals surface area (Å²) in [6, 6.07) is 13.0. The number of benzene rings is 1. The van der Waals surface area contributed by atoms with Crippen LogP contribution in [-0.4, -0.2) is 9.97 Å². The molecular formula is C13H7N3OS. The zero-order chi connectivity index (χ0) is 12.4. The van der Waals surface area contributed by atoms with Gasteiger partial charge in [0.2, 0.25) is 0 Å². The molecule has 0 saturated heterocycles. The topological polar surface area (TPSA) is 62.7 Å². The fraction of sp³-hybridized carbons (Fsp3) is 0. The van der Waals surface area contributed by atoms with E-state index in [9.17, 15) is 0 Å². The molecule has 0 spiro atoms. The molecule has 86 valence electrons. The molecule has 0 aliphatic carbocycles. The number of pyridine rings is 1. The molecule has 0 radical (unpaired) electrons. The quantitative estimate of drug-likeness (QED) is 0.701. The second-order valence-corrected chi connectivity index (χ2v) is 4.52. The first-order valence-electron chi connectivity index (χ1n) is 5.25. The Hall–Kier alpha value is -2.32. The summed E-state index contributed by atoms with van der Waals surface area (Å²) in [4.78, 5) is 8.50. The molecule has 2 aromatic heterocycles. The van der Waals surface area contributed by atoms with E-state index in [-0.39, 0.29) is 0 Å². The Balaban J connectivity index is 1.94. The summed E-state index contributed by atoms with van der Waals surface area (Å²) in [7, 11) is 0. The molecule has 0 N–H and O–H groups in total. The Kier molecular flexibility index (Phi) is 2.71. The summed E-state index contributed by atoms with van der Waals surface area (Å²) in [5.74, 6) is 0. The third-order valence-electron chi connectivity index (χ3n) is 2.33. The summed E-state index contributed by atoms with van der Waals surface area (Å²) in [6.07, 6.45) is 1.60. The third-order valence-corrected chi connectivity index (χ3v) is 3.11. The highest BCUT2D eigenvalue weighted by Gasteiger charge is 2.08. The van der Waals surface area contributed by atoms with Crippen LogP contribution in [0.4, 0.5) is 0 Å². The zero-order valence-corrected chi connectivity index (χ0v) is 10.0. The van der Waals surface area contributed by atoms with Crippen LogP contribution in [0.25, 0.3) is 11.1 Å². The van der Waals surface area contributed by atoms with Gasteiger partial charge in [-0.1, -0.05) is 12.1 Å². The number of rotatable bonds is 2. The highest BCUT2D eigenvalue weighted by Crippen LogP contribution is 2.28. The molecular weight excluding hydrogens is 246 g/mol. The van der Waals surface area contributed by atoms with Crippen molar-refractivity contribution in [2.24, 2.45) is 0 Å². The van der Waals surface area contributed by atoms with Crippen LogP contribution in [-0.2, 0) is 0 Å². The molecule has 2 heterocycles. The van der Waals surface area contributed by atoms with Gasteiger partial charge in [-0.05, 0) is 36.0 Å². The van der Waals surface area contributed by atoms with E-state index in [0.717, 1.165) is 11.1 Å². The van der Waals surface area contributed by atoms with E-state index in [1.807, 2.05) is 24.3 Å². The first kappa shape index (κ1) is 10.8. The van der Waals surface area contributed by atoms with Crippen LogP contribution < -0.4 is 0 Å². The molecule has 4 nitrogen and oxygen atoms in total. The predicted molar refractivity (Wildman–Crippen MR) is 67.1 cm³/mol. The Labute approximate surface area is 107 Å². The molecule has 3 aromatic rings. The SMILES string of the molecule is N#Cc1ccnc(Sc2nc3ccccc3o2)c1. The molecule has 5 heteroatoms. The smallest absolute Gasteiger partial charge is 0.263 e. The average Bonchev–Trinajstić information content (AvgIpc) is 2.81. The minimum atomic E-state index is 0.527. The van der Waals surface area contributed by atoms with Crippen LogP contribution in [0.5, 0.6) is 0 Å². The van der Waals surface area contributed by atoms with Crippen molar-refractivity contribution in [1.29, 1.82) is 5.26 Å². The highest BCUT2D eigenvalue weighted by atomic mass is 32.2. The lowest BCUT2D eigenvalue weighted by Crippen LogP contribution is -1.81. The summed E-state index contributed by atoms with van der Waals surface area (Å²) < 4.78 is 5.57. The van der Waals surface area contributed by atoms with E-state index in [0.29, 0.717) is 15.8 Å². The van der Waals surface area contributed by atoms with Crippen molar-refractivity contribution in [2.75, 3.05) is 0 Å². The lowest BCUT2D eigenvalue weighted by molar-refractivity contribution is 0.489. The minimum Gasteiger partial charge on any atom is -0.431 e. The standard InChI is InChI=1S/C13H7N3OS/c14-8-9-5-6-15-12(7-9)18-13-16-10-3-1-2-4-11(10)17-13/h1-7H. The van der Waals surface area contributed by atoms with E-state index in [4.69, 9.17) is 9.68 Å². The van der Waals surface area contributed by atoms with Gasteiger partial charge in [-0.25, -0.2) is 9.97 Å². The van der Waals surface area contributed by atoms with Crippen LogP contribution in [0.1, 0.15) is 5.56 Å². The molecule has 1 aromatic carbocycles. The van der Waals surface area contributed by atoms with Crippen molar-refractivity contribution >= 4 is 22.9 Å². The molecule has 0 unspecified atom stereocenters. The zero-order valence-electron chi connectivity index (χ0n) is 9.20. The van der Waals surface area contributed by atoms with Gasteiger partial charge in [-0.3, -0.25) is 0 Å². The van der Waals surface area contributed by atoms with Gasteiger partial charge in [-0.2, -0.15) is 5.26 Å². The number of para-hydroxylation sites is 2. The Morgan fingerprint density at radius 3 is 2.94 bits per heavy atom. The van der Waals surface area contributed by atoms with Gasteiger partial charge in [0.15, 0.2) is 5.58 Å². The van der Waals surface area contributed by atoms with Crippen molar-refractivity contribution in [3.05, 3.63) is 48.2 Å². The molecule has 18 heavy (non-hydrogen) atoms. The largest absolute Gasteiger partial charge is 0.431 e. The van der Waals surface area contributed by atoms with Gasteiger partial charge in [-0.15, -0.1) is 0 Å². The molecule has 0 amide bonds. The predicted octanol–water partition coefficient (Wildman–Crippen LogP) is 3.25. The Morgan fingerprint density at radius 1 is 1.22 bits per heavy atom. The Bertz CT molecular complexity index is 712. The maximum atomic E-state index is 8.82. The van der Waals surface area contributed by atoms with E-state index in [1.54, 1.807) is 18.3 Å². The van der Waals surface area contributed by atoms with Gasteiger partial charge in [0.05, 0.1) is 11.6 Å². The monoisotopic (exact) mass is 253 g/mol. The van der Waals surface area contributed by atoms with E-state index >= 15 is 0 Å². The van der Waals surface area contributed by atoms with Crippen LogP contribution in [0.15, 0.2) is 57.3 Å². The van der Waals surface area contributed by atoms with Crippen LogP contribution in [0.3, 0.4) is 0 Å². The van der Waals surface area contributed by atoms with E-state index in [1.165, 1.54) is 11.8 Å². The fourth-order valence-corrected chi connectivity index (χ4v) is 2.27. The number of nitriles is 1. The van der Waals surface area contributed by atoms with Gasteiger partial charge < -0.3 is 4.42 Å². The molecule has 0 aliphatic heterocycles. The van der Waals surface area contributed by atoms with Crippen LogP contribution in [0, 0.1) is 11.3 Å². The van der Waals surface area contributed by atoms with Gasteiger partial charge in [0, 0.05) is 6.20 Å². The van der Waals surface area contributed by atoms with Gasteiger partial charge >= 0.3 is 0 Å². The van der Waals surface area contributed by atoms with Crippen molar-refractivity contribution in [3.63, 3.8) is 0 Å². The fourth-order valence-electron chi connectivity index (χ4n) is 1.52. The number of nitrogens with zero attached hydrogens (tertiary/aromatic N) is 3. The van der Waals surface area contributed by atoms with Gasteiger partial charge in [0.25, 0.3) is 5.22 Å². The minimum absolute atomic E-state index is 0.527. The van der Waals surface area contributed by atoms with Crippen molar-refractivity contribution in [1.82, 2.24) is 9.97 Å². The number of hydrogen-bond acceptors (Lipinski definition) is 5. The van der Waals surface area contributed by atoms with Crippen molar-refractivity contribution in [3.8, 4) is 6.07 Å². The normalized spacial score (nSPS) is 10.4. The number of oxazole rings is 1. The highest BCUT2D eigenvalue weighted by molar-refractivity contribution is 7.99. The summed E-state index contributed by atoms with van der Waals surface area (Å²) in [5.41, 5.74) is 2.14. The molecule has 0 atom stereocenters. The van der Waals surface area contributed by atoms with E-state index < -0.39 is 0 Å². The maximum Gasteiger partial charge on any atom is 0.263 e. The van der Waals surface area contributed by atoms with Crippen LogP contribution in [0.2, 0.25) is 0 Å². The summed E-state index contributed by atoms with van der Waals surface area (Å²) >= 11 is 1.30. The lowest BCUT2D eigenvalue weighted by atomic mass is 10.3. The number of hydrogen-bond donors (Lipinski definition) is 0. The third kappa shape index (κ3) is 2.06. The molecule has 0 bridgehead atoms. The first-order chi connectivity index (χ1) is 8.85. The second-order valence-electron chi connectivity index (χ2n) is 3.54. The summed E-state index contributed by atoms with van der Waals surface area (Å²) in [5, 5.41) is 10.0. The summed E-state index contributed by atoms with van der Waals surface area (Å²) in [6.45, 7) is 0. The van der Waals surface area contributed by atoms with Crippen molar-refractivity contribution < 1.29 is 4.42 Å². The lowest BCUT2D eigenvalue weighted by Gasteiger charge is -1.95. The maximum absolute atomic E-state index is 8.82. The van der Waals surface area contributed by atoms with Crippen LogP contribution >= 0.6 is 11.8 Å². The van der Waals surface area contributed by atoms with Crippen molar-refractivity contribution in [2.45, 2.75) is 10.2 Å².